The fourth-order valence-corrected chi connectivity index (χ4v) is 5.16. The van der Waals surface area contributed by atoms with Crippen LogP contribution in [0.15, 0.2) is 126 Å². The summed E-state index contributed by atoms with van der Waals surface area (Å²) in [7, 11) is 0. The van der Waals surface area contributed by atoms with Crippen molar-refractivity contribution < 1.29 is 36.9 Å². The summed E-state index contributed by atoms with van der Waals surface area (Å²) in [5, 5.41) is 3.96. The van der Waals surface area contributed by atoms with Gasteiger partial charge in [0, 0.05) is 55.9 Å². The van der Waals surface area contributed by atoms with Crippen molar-refractivity contribution in [2.24, 2.45) is 0 Å². The van der Waals surface area contributed by atoms with E-state index in [0.717, 1.165) is 27.6 Å². The summed E-state index contributed by atoms with van der Waals surface area (Å²) in [5.74, 6) is 0. The molecule has 0 aliphatic rings. The number of nitrogens with zero attached hydrogens (tertiary/aromatic N) is 3. The molecule has 0 amide bonds. The molecule has 4 nitrogen and oxygen atoms in total. The molecule has 0 saturated heterocycles. The van der Waals surface area contributed by atoms with Crippen molar-refractivity contribution in [3.63, 3.8) is 0 Å². The van der Waals surface area contributed by atoms with E-state index in [1.165, 1.54) is 41.2 Å². The first kappa shape index (κ1) is 20.9. The molecule has 4 heterocycles. The Kier molecular flexibility index (Phi) is 6.01. The average molecular weight is 769 g/mol. The van der Waals surface area contributed by atoms with Crippen molar-refractivity contribution in [3.8, 4) is 33.6 Å². The normalized spacial score (nSPS) is 14.6. The first-order chi connectivity index (χ1) is 25.2. The van der Waals surface area contributed by atoms with E-state index in [2.05, 4.69) is 57.4 Å². The largest absolute Gasteiger partial charge is 0.486 e. The van der Waals surface area contributed by atoms with E-state index < -0.39 is 20.6 Å². The monoisotopic (exact) mass is 769 g/mol. The third kappa shape index (κ3) is 6.19. The first-order valence-corrected chi connectivity index (χ1v) is 13.8. The van der Waals surface area contributed by atoms with Crippen molar-refractivity contribution in [1.82, 2.24) is 15.0 Å². The molecular weight excluding hydrogens is 731 g/mol. The maximum absolute atomic E-state index is 7.64. The van der Waals surface area contributed by atoms with Gasteiger partial charge >= 0.3 is 0 Å². The van der Waals surface area contributed by atoms with Gasteiger partial charge in [-0.05, 0) is 70.8 Å². The third-order valence-electron chi connectivity index (χ3n) is 7.27. The van der Waals surface area contributed by atoms with E-state index in [1.54, 1.807) is 24.4 Å². The molecule has 4 aromatic heterocycles. The van der Waals surface area contributed by atoms with Crippen molar-refractivity contribution in [1.29, 1.82) is 0 Å². The summed E-state index contributed by atoms with van der Waals surface area (Å²) in [6, 6.07) is 39.3. The zero-order valence-electron chi connectivity index (χ0n) is 32.6. The SMILES string of the molecule is [2H]C([2H])([2H])c1c[c-]c(-c2ccc(C([2H])([2H])[2H])cn2)cc1.[2H]C([2H])([2H])c1ccc2c(n1)oc1c(-c3cc(-c4cccc5ccccc45)ccn3)[c-]ccc12.[Ir]. The maximum atomic E-state index is 7.64. The standard InChI is InChI=1S/C27H17N2O.C13H12N.Ir/c1-17-12-13-23-22-10-5-11-24(26(22)30-27(23)29-17)25-16-19(14-15-28-25)21-9-4-7-18-6-2-3-8-20(18)21;1-10-3-6-12(7-4-10)13-8-5-11(2)9-14-13;/h2-10,12-16H,1H3;3-6,8-9H,1-2H3;/q2*-1;/i1D3;1D3,2D3;. The Bertz CT molecular complexity index is 2520. The minimum Gasteiger partial charge on any atom is -0.486 e. The van der Waals surface area contributed by atoms with E-state index >= 15 is 0 Å². The van der Waals surface area contributed by atoms with Crippen LogP contribution in [0.5, 0.6) is 0 Å². The zero-order chi connectivity index (χ0) is 37.5. The van der Waals surface area contributed by atoms with E-state index in [9.17, 15) is 0 Å². The molecule has 45 heavy (non-hydrogen) atoms. The number of pyridine rings is 3. The molecule has 8 rings (SSSR count). The Balaban J connectivity index is 0.000000205. The van der Waals surface area contributed by atoms with E-state index in [-0.39, 0.29) is 36.9 Å². The summed E-state index contributed by atoms with van der Waals surface area (Å²) >= 11 is 0. The Hall–Kier alpha value is -4.96. The van der Waals surface area contributed by atoms with Crippen molar-refractivity contribution in [2.45, 2.75) is 20.6 Å². The number of aryl methyl sites for hydroxylation is 3. The molecule has 0 bridgehead atoms. The zero-order valence-corrected chi connectivity index (χ0v) is 26.0. The summed E-state index contributed by atoms with van der Waals surface area (Å²) in [5.41, 5.74) is 6.04. The number of hydrogen-bond donors (Lipinski definition) is 0. The third-order valence-corrected chi connectivity index (χ3v) is 7.27. The minimum atomic E-state index is -2.30. The van der Waals surface area contributed by atoms with Gasteiger partial charge in [-0.3, -0.25) is 0 Å². The van der Waals surface area contributed by atoms with Crippen molar-refractivity contribution in [2.75, 3.05) is 0 Å². The molecule has 0 N–H and O–H groups in total. The average Bonchev–Trinajstić information content (AvgIpc) is 3.52. The molecule has 0 saturated carbocycles. The van der Waals surface area contributed by atoms with Crippen LogP contribution in [0.4, 0.5) is 0 Å². The minimum absolute atomic E-state index is 0. The molecule has 4 aromatic carbocycles. The summed E-state index contributed by atoms with van der Waals surface area (Å²) in [4.78, 5) is 12.9. The molecular formula is C40H29IrN3O-2. The van der Waals surface area contributed by atoms with Gasteiger partial charge in [-0.2, -0.15) is 0 Å². The van der Waals surface area contributed by atoms with Crippen LogP contribution in [0.1, 0.15) is 29.2 Å². The second-order valence-electron chi connectivity index (χ2n) is 10.1. The molecule has 0 aliphatic carbocycles. The number of benzene rings is 4. The first-order valence-electron chi connectivity index (χ1n) is 18.3. The predicted octanol–water partition coefficient (Wildman–Crippen LogP) is 10.1. The smallest absolute Gasteiger partial charge is 0.216 e. The van der Waals surface area contributed by atoms with Crippen LogP contribution < -0.4 is 0 Å². The number of rotatable bonds is 3. The van der Waals surface area contributed by atoms with Gasteiger partial charge in [-0.25, -0.2) is 4.98 Å². The van der Waals surface area contributed by atoms with Crippen LogP contribution in [0.2, 0.25) is 0 Å². The Labute approximate surface area is 288 Å². The van der Waals surface area contributed by atoms with Gasteiger partial charge in [-0.1, -0.05) is 78.5 Å². The van der Waals surface area contributed by atoms with Crippen LogP contribution >= 0.6 is 0 Å². The Morgan fingerprint density at radius 3 is 2.42 bits per heavy atom. The van der Waals surface area contributed by atoms with Gasteiger partial charge in [0.15, 0.2) is 0 Å². The van der Waals surface area contributed by atoms with Crippen molar-refractivity contribution in [3.05, 3.63) is 151 Å². The number of furan rings is 1. The molecule has 0 fully saturated rings. The van der Waals surface area contributed by atoms with E-state index in [4.69, 9.17) is 16.8 Å². The summed E-state index contributed by atoms with van der Waals surface area (Å²) in [6.45, 7) is -6.63. The molecule has 0 unspecified atom stereocenters. The fraction of sp³-hybridized carbons (Fsp3) is 0.0750. The van der Waals surface area contributed by atoms with Crippen LogP contribution in [0.25, 0.3) is 66.5 Å². The predicted molar refractivity (Wildman–Crippen MR) is 179 cm³/mol. The molecule has 0 spiro atoms. The molecule has 0 atom stereocenters. The topological polar surface area (TPSA) is 51.8 Å². The second kappa shape index (κ2) is 13.0. The van der Waals surface area contributed by atoms with Crippen LogP contribution in [-0.2, 0) is 20.1 Å². The van der Waals surface area contributed by atoms with Crippen molar-refractivity contribution >= 4 is 32.8 Å². The van der Waals surface area contributed by atoms with E-state index in [1.807, 2.05) is 36.4 Å². The summed E-state index contributed by atoms with van der Waals surface area (Å²) in [6.07, 6.45) is 3.08. The van der Waals surface area contributed by atoms with Gasteiger partial charge in [-0.15, -0.1) is 53.6 Å². The summed E-state index contributed by atoms with van der Waals surface area (Å²) < 4.78 is 72.6. The van der Waals surface area contributed by atoms with Crippen LogP contribution in [0.3, 0.4) is 0 Å². The van der Waals surface area contributed by atoms with Crippen LogP contribution in [-0.4, -0.2) is 15.0 Å². The molecule has 221 valence electrons. The van der Waals surface area contributed by atoms with Gasteiger partial charge in [0.2, 0.25) is 5.71 Å². The van der Waals surface area contributed by atoms with E-state index in [0.29, 0.717) is 28.1 Å². The number of hydrogen-bond acceptors (Lipinski definition) is 4. The maximum Gasteiger partial charge on any atom is 0.216 e. The second-order valence-corrected chi connectivity index (χ2v) is 10.1. The fourth-order valence-electron chi connectivity index (χ4n) is 5.16. The Morgan fingerprint density at radius 2 is 1.60 bits per heavy atom. The number of fused-ring (bicyclic) bond motifs is 4. The molecule has 8 aromatic rings. The number of aromatic nitrogens is 3. The molecule has 0 aliphatic heterocycles. The van der Waals surface area contributed by atoms with Gasteiger partial charge in [0.05, 0.1) is 5.58 Å². The molecule has 5 heteroatoms. The van der Waals surface area contributed by atoms with Crippen LogP contribution in [0, 0.1) is 32.7 Å². The van der Waals surface area contributed by atoms with Gasteiger partial charge < -0.3 is 14.4 Å². The molecule has 1 radical (unpaired) electrons. The Morgan fingerprint density at radius 1 is 0.711 bits per heavy atom. The van der Waals surface area contributed by atoms with Gasteiger partial charge in [0.1, 0.15) is 0 Å². The quantitative estimate of drug-likeness (QED) is 0.168. The van der Waals surface area contributed by atoms with Gasteiger partial charge in [0.25, 0.3) is 0 Å².